The second kappa shape index (κ2) is 8.54. The number of benzene rings is 3. The van der Waals surface area contributed by atoms with E-state index < -0.39 is 11.7 Å². The summed E-state index contributed by atoms with van der Waals surface area (Å²) in [6.45, 7) is 10.5. The van der Waals surface area contributed by atoms with E-state index in [0.29, 0.717) is 5.56 Å². The van der Waals surface area contributed by atoms with Crippen molar-refractivity contribution in [2.75, 3.05) is 0 Å². The van der Waals surface area contributed by atoms with E-state index in [1.807, 2.05) is 11.6 Å². The number of hydrogen-bond donors (Lipinski definition) is 0. The van der Waals surface area contributed by atoms with Gasteiger partial charge in [0.2, 0.25) is 0 Å². The molecule has 0 amide bonds. The third-order valence-electron chi connectivity index (χ3n) is 6.34. The molecule has 0 unspecified atom stereocenters. The lowest BCUT2D eigenvalue weighted by molar-refractivity contribution is -0.137. The second-order valence-corrected chi connectivity index (χ2v) is 8.78. The Hall–Kier alpha value is -3.34. The van der Waals surface area contributed by atoms with Crippen LogP contribution in [-0.2, 0) is 12.7 Å². The van der Waals surface area contributed by atoms with E-state index in [0.717, 1.165) is 39.7 Å². The van der Waals surface area contributed by atoms with Crippen molar-refractivity contribution in [3.63, 3.8) is 0 Å². The van der Waals surface area contributed by atoms with Gasteiger partial charge in [-0.1, -0.05) is 36.4 Å². The first-order valence-electron chi connectivity index (χ1n) is 10.9. The van der Waals surface area contributed by atoms with E-state index >= 15 is 0 Å². The van der Waals surface area contributed by atoms with Gasteiger partial charge < -0.3 is 0 Å². The van der Waals surface area contributed by atoms with Crippen molar-refractivity contribution in [3.8, 4) is 22.5 Å². The van der Waals surface area contributed by atoms with Crippen LogP contribution in [0.15, 0.2) is 60.7 Å². The monoisotopic (exact) mass is 448 g/mol. The molecule has 0 aliphatic carbocycles. The van der Waals surface area contributed by atoms with E-state index in [1.165, 1.54) is 28.8 Å². The SMILES string of the molecule is Cc1ccc(-c2nn(Cc3cccc(C(F)(F)F)c3)c(-c3ccc(C)c(C)c3)c2C)cc1C. The molecule has 0 fully saturated rings. The first-order valence-corrected chi connectivity index (χ1v) is 10.9. The predicted octanol–water partition coefficient (Wildman–Crippen LogP) is 7.83. The molecule has 0 bridgehead atoms. The van der Waals surface area contributed by atoms with Gasteiger partial charge in [0.05, 0.1) is 23.5 Å². The van der Waals surface area contributed by atoms with E-state index in [-0.39, 0.29) is 6.54 Å². The molecule has 0 spiro atoms. The van der Waals surface area contributed by atoms with E-state index in [4.69, 9.17) is 5.10 Å². The third kappa shape index (κ3) is 4.58. The average molecular weight is 449 g/mol. The van der Waals surface area contributed by atoms with Crippen molar-refractivity contribution in [1.29, 1.82) is 0 Å². The Morgan fingerprint density at radius 1 is 0.727 bits per heavy atom. The standard InChI is InChI=1S/C28H27F3N2/c1-17-9-11-23(13-19(17)3)26-21(5)27(24-12-10-18(2)20(4)14-24)33(32-26)16-22-7-6-8-25(15-22)28(29,30)31/h6-15H,16H2,1-5H3. The molecular formula is C28H27F3N2. The van der Waals surface area contributed by atoms with Crippen LogP contribution >= 0.6 is 0 Å². The Balaban J connectivity index is 1.88. The highest BCUT2D eigenvalue weighted by molar-refractivity contribution is 5.75. The van der Waals surface area contributed by atoms with Crippen LogP contribution < -0.4 is 0 Å². The van der Waals surface area contributed by atoms with E-state index in [2.05, 4.69) is 64.1 Å². The van der Waals surface area contributed by atoms with Gasteiger partial charge in [0.15, 0.2) is 0 Å². The Morgan fingerprint density at radius 3 is 1.94 bits per heavy atom. The third-order valence-corrected chi connectivity index (χ3v) is 6.34. The van der Waals surface area contributed by atoms with Crippen LogP contribution in [0.2, 0.25) is 0 Å². The highest BCUT2D eigenvalue weighted by Crippen LogP contribution is 2.35. The van der Waals surface area contributed by atoms with Crippen molar-refractivity contribution in [2.24, 2.45) is 0 Å². The van der Waals surface area contributed by atoms with Gasteiger partial charge in [0.1, 0.15) is 0 Å². The van der Waals surface area contributed by atoms with Gasteiger partial charge in [0, 0.05) is 16.7 Å². The van der Waals surface area contributed by atoms with Gasteiger partial charge >= 0.3 is 6.18 Å². The van der Waals surface area contributed by atoms with Crippen LogP contribution in [0.1, 0.15) is 38.9 Å². The smallest absolute Gasteiger partial charge is 0.260 e. The fourth-order valence-corrected chi connectivity index (χ4v) is 4.10. The summed E-state index contributed by atoms with van der Waals surface area (Å²) < 4.78 is 41.6. The normalized spacial score (nSPS) is 11.8. The topological polar surface area (TPSA) is 17.8 Å². The summed E-state index contributed by atoms with van der Waals surface area (Å²) in [7, 11) is 0. The van der Waals surface area contributed by atoms with Crippen molar-refractivity contribution in [1.82, 2.24) is 9.78 Å². The molecular weight excluding hydrogens is 421 g/mol. The highest BCUT2D eigenvalue weighted by atomic mass is 19.4. The minimum absolute atomic E-state index is 0.248. The maximum Gasteiger partial charge on any atom is 0.416 e. The molecule has 0 aliphatic heterocycles. The Kier molecular flexibility index (Phi) is 5.91. The fraction of sp³-hybridized carbons (Fsp3) is 0.250. The summed E-state index contributed by atoms with van der Waals surface area (Å²) in [5.74, 6) is 0. The number of rotatable bonds is 4. The Bertz CT molecular complexity index is 1330. The predicted molar refractivity (Wildman–Crippen MR) is 127 cm³/mol. The van der Waals surface area contributed by atoms with Crippen molar-refractivity contribution in [3.05, 3.63) is 99.6 Å². The molecule has 170 valence electrons. The quantitative estimate of drug-likeness (QED) is 0.311. The zero-order valence-electron chi connectivity index (χ0n) is 19.5. The van der Waals surface area contributed by atoms with Crippen molar-refractivity contribution >= 4 is 0 Å². The van der Waals surface area contributed by atoms with Crippen LogP contribution in [0.25, 0.3) is 22.5 Å². The van der Waals surface area contributed by atoms with Crippen LogP contribution in [0, 0.1) is 34.6 Å². The summed E-state index contributed by atoms with van der Waals surface area (Å²) in [6, 6.07) is 18.0. The zero-order valence-corrected chi connectivity index (χ0v) is 19.5. The van der Waals surface area contributed by atoms with Gasteiger partial charge in [-0.05, 0) is 86.7 Å². The second-order valence-electron chi connectivity index (χ2n) is 8.78. The minimum atomic E-state index is -4.38. The van der Waals surface area contributed by atoms with Crippen molar-refractivity contribution < 1.29 is 13.2 Å². The van der Waals surface area contributed by atoms with Gasteiger partial charge in [-0.25, -0.2) is 0 Å². The lowest BCUT2D eigenvalue weighted by Crippen LogP contribution is -2.08. The molecule has 2 nitrogen and oxygen atoms in total. The van der Waals surface area contributed by atoms with E-state index in [1.54, 1.807) is 6.07 Å². The number of halogens is 3. The number of aromatic nitrogens is 2. The molecule has 1 aromatic heterocycles. The molecule has 0 N–H and O–H groups in total. The first-order chi connectivity index (χ1) is 15.5. The molecule has 1 heterocycles. The van der Waals surface area contributed by atoms with E-state index in [9.17, 15) is 13.2 Å². The van der Waals surface area contributed by atoms with Crippen molar-refractivity contribution in [2.45, 2.75) is 47.3 Å². The molecule has 0 saturated carbocycles. The van der Waals surface area contributed by atoms with Gasteiger partial charge in [0.25, 0.3) is 0 Å². The zero-order chi connectivity index (χ0) is 23.9. The van der Waals surface area contributed by atoms with Gasteiger partial charge in [-0.2, -0.15) is 18.3 Å². The maximum atomic E-state index is 13.3. The summed E-state index contributed by atoms with van der Waals surface area (Å²) in [5, 5.41) is 4.90. The van der Waals surface area contributed by atoms with Crippen LogP contribution in [0.5, 0.6) is 0 Å². The molecule has 0 radical (unpaired) electrons. The van der Waals surface area contributed by atoms with Gasteiger partial charge in [-0.15, -0.1) is 0 Å². The molecule has 5 heteroatoms. The summed E-state index contributed by atoms with van der Waals surface area (Å²) in [5.41, 5.74) is 9.42. The summed E-state index contributed by atoms with van der Waals surface area (Å²) in [4.78, 5) is 0. The molecule has 0 saturated heterocycles. The molecule has 0 aliphatic rings. The molecule has 0 atom stereocenters. The largest absolute Gasteiger partial charge is 0.416 e. The maximum absolute atomic E-state index is 13.3. The number of aryl methyl sites for hydroxylation is 4. The average Bonchev–Trinajstić information content (AvgIpc) is 3.07. The summed E-state index contributed by atoms with van der Waals surface area (Å²) >= 11 is 0. The van der Waals surface area contributed by atoms with Crippen LogP contribution in [0.3, 0.4) is 0 Å². The lowest BCUT2D eigenvalue weighted by atomic mass is 9.98. The number of hydrogen-bond acceptors (Lipinski definition) is 1. The van der Waals surface area contributed by atoms with Gasteiger partial charge in [-0.3, -0.25) is 4.68 Å². The number of alkyl halides is 3. The highest BCUT2D eigenvalue weighted by Gasteiger charge is 2.30. The molecule has 3 aromatic carbocycles. The molecule has 4 aromatic rings. The Labute approximate surface area is 192 Å². The first kappa shape index (κ1) is 22.8. The van der Waals surface area contributed by atoms with Crippen LogP contribution in [0.4, 0.5) is 13.2 Å². The molecule has 33 heavy (non-hydrogen) atoms. The minimum Gasteiger partial charge on any atom is -0.260 e. The summed E-state index contributed by atoms with van der Waals surface area (Å²) in [6.07, 6.45) is -4.38. The molecule has 4 rings (SSSR count). The van der Waals surface area contributed by atoms with Crippen LogP contribution in [-0.4, -0.2) is 9.78 Å². The fourth-order valence-electron chi connectivity index (χ4n) is 4.10. The Morgan fingerprint density at radius 2 is 1.33 bits per heavy atom. The lowest BCUT2D eigenvalue weighted by Gasteiger charge is -2.12. The number of nitrogens with zero attached hydrogens (tertiary/aromatic N) is 2.